The highest BCUT2D eigenvalue weighted by atomic mass is 32.2. The average Bonchev–Trinajstić information content (AvgIpc) is 3.52. The van der Waals surface area contributed by atoms with E-state index in [1.54, 1.807) is 76.5 Å². The van der Waals surface area contributed by atoms with Gasteiger partial charge in [0.1, 0.15) is 11.1 Å². The quantitative estimate of drug-likeness (QED) is 0.490. The van der Waals surface area contributed by atoms with Crippen molar-refractivity contribution >= 4 is 40.3 Å². The minimum absolute atomic E-state index is 0.0638. The summed E-state index contributed by atoms with van der Waals surface area (Å²) in [5, 5.41) is 2.77. The third-order valence-electron chi connectivity index (χ3n) is 5.86. The number of benzene rings is 2. The summed E-state index contributed by atoms with van der Waals surface area (Å²) >= 11 is 1.56. The molecule has 1 N–H and O–H groups in total. The Kier molecular flexibility index (Phi) is 5.33. The number of imidazole rings is 1. The number of carbonyl (C=O) groups is 2. The second-order valence-electron chi connectivity index (χ2n) is 7.94. The van der Waals surface area contributed by atoms with E-state index >= 15 is 0 Å². The smallest absolute Gasteiger partial charge is 0.328 e. The van der Waals surface area contributed by atoms with Crippen molar-refractivity contribution in [2.45, 2.75) is 11.9 Å². The molecule has 2 aromatic heterocycles. The SMILES string of the molecule is Cn1c(=O)n(C)c2cc(NC(=O)c3ccc([C@H]4SCC(=O)N4Cc4ccco4)cc3)ccc21. The zero-order valence-electron chi connectivity index (χ0n) is 18.1. The molecule has 0 spiro atoms. The van der Waals surface area contributed by atoms with Gasteiger partial charge in [-0.15, -0.1) is 11.8 Å². The van der Waals surface area contributed by atoms with Gasteiger partial charge >= 0.3 is 5.69 Å². The summed E-state index contributed by atoms with van der Waals surface area (Å²) in [6.45, 7) is 0.413. The van der Waals surface area contributed by atoms with E-state index in [1.807, 2.05) is 24.3 Å². The molecular formula is C24H22N4O4S. The van der Waals surface area contributed by atoms with E-state index in [1.165, 1.54) is 0 Å². The van der Waals surface area contributed by atoms with Crippen LogP contribution in [0.25, 0.3) is 11.0 Å². The molecule has 8 nitrogen and oxygen atoms in total. The number of rotatable bonds is 5. The van der Waals surface area contributed by atoms with Crippen LogP contribution in [-0.4, -0.2) is 31.6 Å². The molecule has 0 bridgehead atoms. The van der Waals surface area contributed by atoms with Gasteiger partial charge in [0.2, 0.25) is 5.91 Å². The summed E-state index contributed by atoms with van der Waals surface area (Å²) in [4.78, 5) is 39.1. The second-order valence-corrected chi connectivity index (χ2v) is 9.01. The number of amides is 2. The summed E-state index contributed by atoms with van der Waals surface area (Å²) in [7, 11) is 3.42. The van der Waals surface area contributed by atoms with Gasteiger partial charge in [-0.3, -0.25) is 18.7 Å². The molecule has 1 atom stereocenters. The Morgan fingerprint density at radius 2 is 1.82 bits per heavy atom. The van der Waals surface area contributed by atoms with Crippen LogP contribution in [-0.2, 0) is 25.4 Å². The predicted octanol–water partition coefficient (Wildman–Crippen LogP) is 3.50. The van der Waals surface area contributed by atoms with E-state index in [9.17, 15) is 14.4 Å². The molecule has 1 aliphatic heterocycles. The van der Waals surface area contributed by atoms with Gasteiger partial charge < -0.3 is 14.6 Å². The first-order valence-corrected chi connectivity index (χ1v) is 11.5. The van der Waals surface area contributed by atoms with Gasteiger partial charge in [0.15, 0.2) is 0 Å². The fourth-order valence-corrected chi connectivity index (χ4v) is 5.25. The highest BCUT2D eigenvalue weighted by Gasteiger charge is 2.33. The Labute approximate surface area is 193 Å². The third-order valence-corrected chi connectivity index (χ3v) is 7.12. The number of fused-ring (bicyclic) bond motifs is 1. The van der Waals surface area contributed by atoms with E-state index in [0.29, 0.717) is 23.5 Å². The largest absolute Gasteiger partial charge is 0.467 e. The fraction of sp³-hybridized carbons (Fsp3) is 0.208. The number of thioether (sulfide) groups is 1. The molecule has 168 valence electrons. The summed E-state index contributed by atoms with van der Waals surface area (Å²) in [6.07, 6.45) is 1.60. The van der Waals surface area contributed by atoms with Gasteiger partial charge in [0, 0.05) is 25.3 Å². The number of hydrogen-bond donors (Lipinski definition) is 1. The standard InChI is InChI=1S/C24H22N4O4S/c1-26-19-10-9-17(12-20(19)27(2)24(26)31)25-22(30)15-5-7-16(8-6-15)23-28(21(29)14-33-23)13-18-4-3-11-32-18/h3-12,23H,13-14H2,1-2H3,(H,25,30)/t23-/m1/s1. The predicted molar refractivity (Wildman–Crippen MR) is 127 cm³/mol. The van der Waals surface area contributed by atoms with Gasteiger partial charge in [0.25, 0.3) is 5.91 Å². The molecule has 5 rings (SSSR count). The first-order valence-electron chi connectivity index (χ1n) is 10.4. The van der Waals surface area contributed by atoms with Crippen LogP contribution in [0.2, 0.25) is 0 Å². The van der Waals surface area contributed by atoms with Crippen LogP contribution < -0.4 is 11.0 Å². The van der Waals surface area contributed by atoms with Crippen LogP contribution in [0.15, 0.2) is 70.1 Å². The number of hydrogen-bond acceptors (Lipinski definition) is 5. The lowest BCUT2D eigenvalue weighted by Crippen LogP contribution is -2.27. The van der Waals surface area contributed by atoms with E-state index in [2.05, 4.69) is 5.32 Å². The Morgan fingerprint density at radius 1 is 1.06 bits per heavy atom. The Morgan fingerprint density at radius 3 is 2.55 bits per heavy atom. The van der Waals surface area contributed by atoms with Crippen molar-refractivity contribution in [2.75, 3.05) is 11.1 Å². The molecule has 0 radical (unpaired) electrons. The van der Waals surface area contributed by atoms with Crippen LogP contribution in [0.5, 0.6) is 0 Å². The highest BCUT2D eigenvalue weighted by molar-refractivity contribution is 8.00. The molecule has 0 unspecified atom stereocenters. The van der Waals surface area contributed by atoms with Crippen LogP contribution in [0.1, 0.15) is 27.1 Å². The van der Waals surface area contributed by atoms with Crippen molar-refractivity contribution in [3.8, 4) is 0 Å². The van der Waals surface area contributed by atoms with Crippen LogP contribution in [0.3, 0.4) is 0 Å². The van der Waals surface area contributed by atoms with Gasteiger partial charge in [-0.1, -0.05) is 12.1 Å². The zero-order chi connectivity index (χ0) is 23.1. The van der Waals surface area contributed by atoms with Gasteiger partial charge in [0.05, 0.1) is 29.6 Å². The summed E-state index contributed by atoms with van der Waals surface area (Å²) in [5.74, 6) is 0.969. The number of aromatic nitrogens is 2. The van der Waals surface area contributed by atoms with Crippen molar-refractivity contribution in [1.29, 1.82) is 0 Å². The number of aryl methyl sites for hydroxylation is 2. The monoisotopic (exact) mass is 462 g/mol. The molecule has 1 aliphatic rings. The lowest BCUT2D eigenvalue weighted by molar-refractivity contribution is -0.128. The lowest BCUT2D eigenvalue weighted by Gasteiger charge is -2.23. The van der Waals surface area contributed by atoms with Crippen LogP contribution >= 0.6 is 11.8 Å². The molecule has 4 aromatic rings. The number of nitrogens with one attached hydrogen (secondary N) is 1. The maximum Gasteiger partial charge on any atom is 0.328 e. The minimum Gasteiger partial charge on any atom is -0.467 e. The second kappa shape index (κ2) is 8.32. The topological polar surface area (TPSA) is 89.5 Å². The number of carbonyl (C=O) groups excluding carboxylic acids is 2. The van der Waals surface area contributed by atoms with E-state index in [4.69, 9.17) is 4.42 Å². The van der Waals surface area contributed by atoms with E-state index in [-0.39, 0.29) is 22.9 Å². The summed E-state index contributed by atoms with van der Waals surface area (Å²) < 4.78 is 8.52. The van der Waals surface area contributed by atoms with Crippen LogP contribution in [0, 0.1) is 0 Å². The number of nitrogens with zero attached hydrogens (tertiary/aromatic N) is 3. The van der Waals surface area contributed by atoms with Crippen molar-refractivity contribution in [3.05, 3.63) is 88.2 Å². The maximum absolute atomic E-state index is 12.8. The zero-order valence-corrected chi connectivity index (χ0v) is 19.0. The normalized spacial score (nSPS) is 16.0. The lowest BCUT2D eigenvalue weighted by atomic mass is 10.1. The molecule has 9 heteroatoms. The van der Waals surface area contributed by atoms with Crippen molar-refractivity contribution in [1.82, 2.24) is 14.0 Å². The van der Waals surface area contributed by atoms with Crippen molar-refractivity contribution in [2.24, 2.45) is 14.1 Å². The van der Waals surface area contributed by atoms with Gasteiger partial charge in [-0.25, -0.2) is 4.79 Å². The number of furan rings is 1. The molecule has 2 aromatic carbocycles. The summed E-state index contributed by atoms with van der Waals surface area (Å²) in [5.41, 5.74) is 3.50. The molecule has 0 aliphatic carbocycles. The first-order chi connectivity index (χ1) is 15.9. The Hall–Kier alpha value is -3.72. The average molecular weight is 463 g/mol. The third kappa shape index (κ3) is 3.84. The molecule has 0 saturated carbocycles. The van der Waals surface area contributed by atoms with E-state index < -0.39 is 0 Å². The summed E-state index contributed by atoms with van der Waals surface area (Å²) in [6, 6.07) is 16.3. The molecule has 3 heterocycles. The van der Waals surface area contributed by atoms with Gasteiger partial charge in [-0.05, 0) is 48.0 Å². The fourth-order valence-electron chi connectivity index (χ4n) is 4.06. The van der Waals surface area contributed by atoms with E-state index in [0.717, 1.165) is 22.4 Å². The van der Waals surface area contributed by atoms with Crippen LogP contribution in [0.4, 0.5) is 5.69 Å². The first kappa shape index (κ1) is 21.1. The maximum atomic E-state index is 12.8. The van der Waals surface area contributed by atoms with Crippen molar-refractivity contribution in [3.63, 3.8) is 0 Å². The van der Waals surface area contributed by atoms with Gasteiger partial charge in [-0.2, -0.15) is 0 Å². The molecular weight excluding hydrogens is 440 g/mol. The molecule has 1 saturated heterocycles. The Balaban J connectivity index is 1.32. The molecule has 1 fully saturated rings. The highest BCUT2D eigenvalue weighted by Crippen LogP contribution is 2.39. The number of anilines is 1. The minimum atomic E-state index is -0.246. The van der Waals surface area contributed by atoms with Crippen molar-refractivity contribution < 1.29 is 14.0 Å². The molecule has 2 amide bonds. The molecule has 33 heavy (non-hydrogen) atoms. The Bertz CT molecular complexity index is 1400.